The molecule has 4 rings (SSSR count). The molecule has 32 heavy (non-hydrogen) atoms. The van der Waals surface area contributed by atoms with Crippen LogP contribution >= 0.6 is 0 Å². The van der Waals surface area contributed by atoms with Gasteiger partial charge in [0.15, 0.2) is 5.69 Å². The lowest BCUT2D eigenvalue weighted by Crippen LogP contribution is -2.16. The summed E-state index contributed by atoms with van der Waals surface area (Å²) in [7, 11) is 0. The minimum Gasteiger partial charge on any atom is -0.406 e. The van der Waals surface area contributed by atoms with Gasteiger partial charge in [0.2, 0.25) is 5.82 Å². The first-order valence-corrected chi connectivity index (χ1v) is 9.17. The fourth-order valence-electron chi connectivity index (χ4n) is 2.91. The fourth-order valence-corrected chi connectivity index (χ4v) is 2.91. The number of carbonyl (C=O) groups is 1. The molecule has 3 aromatic heterocycles. The maximum Gasteiger partial charge on any atom is 0.573 e. The fraction of sp³-hybridized carbons (Fsp3) is 0.150. The lowest BCUT2D eigenvalue weighted by Gasteiger charge is -2.08. The highest BCUT2D eigenvalue weighted by atomic mass is 19.4. The second-order valence-corrected chi connectivity index (χ2v) is 6.74. The Hall–Kier alpha value is -4.22. The molecule has 0 spiro atoms. The van der Waals surface area contributed by atoms with Crippen LogP contribution in [0.4, 0.5) is 13.2 Å². The van der Waals surface area contributed by atoms with Crippen molar-refractivity contribution in [2.24, 2.45) is 5.73 Å². The number of ether oxygens (including phenoxy) is 1. The van der Waals surface area contributed by atoms with Crippen molar-refractivity contribution in [2.75, 3.05) is 0 Å². The molecule has 1 aromatic carbocycles. The summed E-state index contributed by atoms with van der Waals surface area (Å²) in [5.74, 6) is -0.646. The monoisotopic (exact) mass is 444 g/mol. The Bertz CT molecular complexity index is 1260. The summed E-state index contributed by atoms with van der Waals surface area (Å²) in [5, 5.41) is 8.31. The molecule has 3 heterocycles. The molecule has 9 nitrogen and oxygen atoms in total. The van der Waals surface area contributed by atoms with E-state index in [1.165, 1.54) is 18.3 Å². The number of hydrogen-bond donors (Lipinski definition) is 1. The highest BCUT2D eigenvalue weighted by Gasteiger charge is 2.31. The molecule has 0 unspecified atom stereocenters. The number of primary amides is 1. The van der Waals surface area contributed by atoms with Crippen LogP contribution in [0, 0.1) is 6.92 Å². The van der Waals surface area contributed by atoms with Gasteiger partial charge in [-0.3, -0.25) is 14.5 Å². The van der Waals surface area contributed by atoms with E-state index in [4.69, 9.17) is 10.3 Å². The second-order valence-electron chi connectivity index (χ2n) is 6.74. The number of nitrogens with two attached hydrogens (primary N) is 1. The van der Waals surface area contributed by atoms with E-state index in [1.54, 1.807) is 22.9 Å². The molecule has 0 fully saturated rings. The molecule has 0 aliphatic heterocycles. The van der Waals surface area contributed by atoms with Gasteiger partial charge in [-0.05, 0) is 55.0 Å². The lowest BCUT2D eigenvalue weighted by atomic mass is 10.2. The number of benzene rings is 1. The highest BCUT2D eigenvalue weighted by Crippen LogP contribution is 2.27. The van der Waals surface area contributed by atoms with E-state index in [0.717, 1.165) is 23.4 Å². The number of carbonyl (C=O) groups excluding carboxylic acids is 1. The maximum absolute atomic E-state index is 12.3. The minimum absolute atomic E-state index is 0.144. The Morgan fingerprint density at radius 3 is 2.62 bits per heavy atom. The summed E-state index contributed by atoms with van der Waals surface area (Å²) < 4.78 is 47.7. The molecule has 12 heteroatoms. The van der Waals surface area contributed by atoms with Crippen LogP contribution in [0.3, 0.4) is 0 Å². The molecule has 0 radical (unpaired) electrons. The van der Waals surface area contributed by atoms with E-state index in [2.05, 4.69) is 25.0 Å². The van der Waals surface area contributed by atoms with Crippen molar-refractivity contribution in [3.8, 4) is 28.7 Å². The average molecular weight is 444 g/mol. The van der Waals surface area contributed by atoms with Crippen molar-refractivity contribution in [2.45, 2.75) is 19.8 Å². The number of hydrogen-bond acceptors (Lipinski definition) is 7. The van der Waals surface area contributed by atoms with E-state index in [9.17, 15) is 18.0 Å². The summed E-state index contributed by atoms with van der Waals surface area (Å²) in [5.41, 5.74) is 7.86. The zero-order valence-electron chi connectivity index (χ0n) is 16.5. The van der Waals surface area contributed by atoms with Crippen LogP contribution in [-0.2, 0) is 6.54 Å². The van der Waals surface area contributed by atoms with Crippen molar-refractivity contribution >= 4 is 5.91 Å². The summed E-state index contributed by atoms with van der Waals surface area (Å²) in [4.78, 5) is 19.5. The average Bonchev–Trinajstić information content (AvgIpc) is 3.35. The first kappa shape index (κ1) is 21.0. The van der Waals surface area contributed by atoms with Crippen LogP contribution in [0.2, 0.25) is 0 Å². The molecule has 4 aromatic rings. The molecule has 164 valence electrons. The standard InChI is InChI=1S/C20H15F3N6O3/c1-11-8-16(27-29(11)10-12-6-7-25-15(9-12)17(24)30)19-26-18(28-32-19)13-2-4-14(5-3-13)31-20(21,22)23/h2-9H,10H2,1H3,(H2,24,30). The van der Waals surface area contributed by atoms with Gasteiger partial charge in [0.25, 0.3) is 11.8 Å². The van der Waals surface area contributed by atoms with Crippen LogP contribution in [-0.4, -0.2) is 37.2 Å². The number of pyridine rings is 1. The van der Waals surface area contributed by atoms with E-state index >= 15 is 0 Å². The zero-order valence-corrected chi connectivity index (χ0v) is 16.5. The molecule has 2 N–H and O–H groups in total. The van der Waals surface area contributed by atoms with Gasteiger partial charge in [0.05, 0.1) is 6.54 Å². The Morgan fingerprint density at radius 2 is 1.94 bits per heavy atom. The summed E-state index contributed by atoms with van der Waals surface area (Å²) in [6, 6.07) is 10.2. The quantitative estimate of drug-likeness (QED) is 0.484. The Balaban J connectivity index is 1.52. The zero-order chi connectivity index (χ0) is 22.9. The first-order valence-electron chi connectivity index (χ1n) is 9.17. The molecule has 0 saturated heterocycles. The van der Waals surface area contributed by atoms with E-state index in [0.29, 0.717) is 17.8 Å². The van der Waals surface area contributed by atoms with Crippen molar-refractivity contribution in [3.63, 3.8) is 0 Å². The van der Waals surface area contributed by atoms with Gasteiger partial charge in [-0.25, -0.2) is 0 Å². The molecule has 0 aliphatic rings. The van der Waals surface area contributed by atoms with Crippen LogP contribution in [0.15, 0.2) is 53.2 Å². The van der Waals surface area contributed by atoms with E-state index < -0.39 is 12.3 Å². The molecular formula is C20H15F3N6O3. The third-order valence-electron chi connectivity index (χ3n) is 4.38. The number of aryl methyl sites for hydroxylation is 1. The van der Waals surface area contributed by atoms with Gasteiger partial charge in [-0.2, -0.15) is 10.1 Å². The van der Waals surface area contributed by atoms with Crippen LogP contribution in [0.1, 0.15) is 21.7 Å². The van der Waals surface area contributed by atoms with Crippen molar-refractivity contribution in [3.05, 3.63) is 65.6 Å². The van der Waals surface area contributed by atoms with Crippen molar-refractivity contribution in [1.82, 2.24) is 24.9 Å². The number of alkyl halides is 3. The second kappa shape index (κ2) is 8.13. The van der Waals surface area contributed by atoms with E-state index in [-0.39, 0.29) is 23.2 Å². The molecule has 0 aliphatic carbocycles. The largest absolute Gasteiger partial charge is 0.573 e. The van der Waals surface area contributed by atoms with Gasteiger partial charge in [0, 0.05) is 17.5 Å². The smallest absolute Gasteiger partial charge is 0.406 e. The van der Waals surface area contributed by atoms with Gasteiger partial charge >= 0.3 is 6.36 Å². The number of rotatable bonds is 6. The van der Waals surface area contributed by atoms with Crippen LogP contribution in [0.25, 0.3) is 23.0 Å². The number of aromatic nitrogens is 5. The normalized spacial score (nSPS) is 11.5. The van der Waals surface area contributed by atoms with Crippen LogP contribution < -0.4 is 10.5 Å². The predicted octanol–water partition coefficient (Wildman–Crippen LogP) is 3.35. The third kappa shape index (κ3) is 4.74. The van der Waals surface area contributed by atoms with Gasteiger partial charge < -0.3 is 15.0 Å². The SMILES string of the molecule is Cc1cc(-c2nc(-c3ccc(OC(F)(F)F)cc3)no2)nn1Cc1ccnc(C(N)=O)c1. The molecule has 0 bridgehead atoms. The first-order chi connectivity index (χ1) is 15.2. The van der Waals surface area contributed by atoms with Crippen molar-refractivity contribution < 1.29 is 27.2 Å². The number of halogens is 3. The maximum atomic E-state index is 12.3. The topological polar surface area (TPSA) is 122 Å². The van der Waals surface area contributed by atoms with Gasteiger partial charge in [-0.1, -0.05) is 5.16 Å². The Morgan fingerprint density at radius 1 is 1.19 bits per heavy atom. The summed E-state index contributed by atoms with van der Waals surface area (Å²) >= 11 is 0. The summed E-state index contributed by atoms with van der Waals surface area (Å²) in [6.45, 7) is 2.19. The predicted molar refractivity (Wildman–Crippen MR) is 104 cm³/mol. The van der Waals surface area contributed by atoms with Crippen molar-refractivity contribution in [1.29, 1.82) is 0 Å². The Labute approximate surface area is 178 Å². The molecule has 0 saturated carbocycles. The molecule has 1 amide bonds. The molecular weight excluding hydrogens is 429 g/mol. The van der Waals surface area contributed by atoms with Gasteiger partial charge in [-0.15, -0.1) is 13.2 Å². The van der Waals surface area contributed by atoms with Gasteiger partial charge in [0.1, 0.15) is 11.4 Å². The lowest BCUT2D eigenvalue weighted by molar-refractivity contribution is -0.274. The Kier molecular flexibility index (Phi) is 5.34. The molecule has 0 atom stereocenters. The van der Waals surface area contributed by atoms with Crippen LogP contribution in [0.5, 0.6) is 5.75 Å². The highest BCUT2D eigenvalue weighted by molar-refractivity contribution is 5.90. The third-order valence-corrected chi connectivity index (χ3v) is 4.38. The van der Waals surface area contributed by atoms with E-state index in [1.807, 2.05) is 6.92 Å². The number of amides is 1. The summed E-state index contributed by atoms with van der Waals surface area (Å²) in [6.07, 6.45) is -3.28. The number of nitrogens with zero attached hydrogens (tertiary/aromatic N) is 5. The minimum atomic E-state index is -4.77.